The molecule has 5 nitrogen and oxygen atoms in total. The fourth-order valence-corrected chi connectivity index (χ4v) is 1.91. The van der Waals surface area contributed by atoms with Crippen LogP contribution in [0, 0.1) is 0 Å². The van der Waals surface area contributed by atoms with Crippen molar-refractivity contribution < 1.29 is 9.84 Å². The first-order valence-corrected chi connectivity index (χ1v) is 5.57. The molecule has 0 atom stereocenters. The first kappa shape index (κ1) is 11.6. The molecular formula is C10H14ClN3O2. The van der Waals surface area contributed by atoms with Gasteiger partial charge in [-0.05, 0) is 30.5 Å². The number of anilines is 1. The van der Waals surface area contributed by atoms with Gasteiger partial charge in [0.05, 0.1) is 12.1 Å². The Kier molecular flexibility index (Phi) is 3.58. The van der Waals surface area contributed by atoms with Crippen molar-refractivity contribution in [3.05, 3.63) is 17.5 Å². The zero-order valence-corrected chi connectivity index (χ0v) is 9.57. The summed E-state index contributed by atoms with van der Waals surface area (Å²) in [7, 11) is 0. The minimum absolute atomic E-state index is 0.0536. The molecule has 1 aliphatic rings. The highest BCUT2D eigenvalue weighted by Gasteiger charge is 2.32. The molecule has 1 aliphatic heterocycles. The molecule has 88 valence electrons. The highest BCUT2D eigenvalue weighted by atomic mass is 35.5. The number of halogens is 1. The Labute approximate surface area is 98.8 Å². The molecule has 0 unspecified atom stereocenters. The van der Waals surface area contributed by atoms with Crippen LogP contribution >= 0.6 is 11.6 Å². The van der Waals surface area contributed by atoms with Gasteiger partial charge in [0, 0.05) is 19.4 Å². The van der Waals surface area contributed by atoms with Crippen LogP contribution in [0.3, 0.4) is 0 Å². The number of nitrogens with one attached hydrogen (secondary N) is 1. The molecule has 0 bridgehead atoms. The van der Waals surface area contributed by atoms with Crippen molar-refractivity contribution in [3.63, 3.8) is 0 Å². The lowest BCUT2D eigenvalue weighted by atomic mass is 9.91. The average Bonchev–Trinajstić information content (AvgIpc) is 2.30. The van der Waals surface area contributed by atoms with Gasteiger partial charge in [0.15, 0.2) is 0 Å². The lowest BCUT2D eigenvalue weighted by Gasteiger charge is -2.36. The highest BCUT2D eigenvalue weighted by Crippen LogP contribution is 2.24. The van der Waals surface area contributed by atoms with Crippen molar-refractivity contribution in [2.75, 3.05) is 25.1 Å². The lowest BCUT2D eigenvalue weighted by molar-refractivity contribution is 0.0378. The van der Waals surface area contributed by atoms with Crippen LogP contribution in [-0.4, -0.2) is 40.4 Å². The third-order valence-corrected chi connectivity index (χ3v) is 2.95. The maximum absolute atomic E-state index is 9.48. The van der Waals surface area contributed by atoms with E-state index >= 15 is 0 Å². The van der Waals surface area contributed by atoms with Crippen LogP contribution in [0.25, 0.3) is 0 Å². The van der Waals surface area contributed by atoms with Crippen LogP contribution in [0.15, 0.2) is 12.3 Å². The van der Waals surface area contributed by atoms with E-state index in [0.717, 1.165) is 12.8 Å². The summed E-state index contributed by atoms with van der Waals surface area (Å²) in [4.78, 5) is 7.86. The molecule has 0 radical (unpaired) electrons. The van der Waals surface area contributed by atoms with E-state index in [9.17, 15) is 5.11 Å². The van der Waals surface area contributed by atoms with E-state index in [2.05, 4.69) is 15.3 Å². The summed E-state index contributed by atoms with van der Waals surface area (Å²) in [5.41, 5.74) is -0.351. The van der Waals surface area contributed by atoms with E-state index in [1.165, 1.54) is 0 Å². The Morgan fingerprint density at radius 2 is 2.25 bits per heavy atom. The number of rotatable bonds is 3. The van der Waals surface area contributed by atoms with Crippen LogP contribution in [-0.2, 0) is 4.74 Å². The molecule has 1 fully saturated rings. The Morgan fingerprint density at radius 1 is 1.50 bits per heavy atom. The smallest absolute Gasteiger partial charge is 0.224 e. The Hall–Kier alpha value is -0.910. The van der Waals surface area contributed by atoms with E-state index in [4.69, 9.17) is 16.3 Å². The topological polar surface area (TPSA) is 67.3 Å². The standard InChI is InChI=1S/C10H14ClN3O2/c11-9-12-4-1-8(13-9)14-10(7-15)2-5-16-6-3-10/h1,4,15H,2-3,5-7H2,(H,12,13,14). The van der Waals surface area contributed by atoms with Gasteiger partial charge in [0.2, 0.25) is 5.28 Å². The maximum Gasteiger partial charge on any atom is 0.224 e. The van der Waals surface area contributed by atoms with E-state index in [0.29, 0.717) is 19.0 Å². The number of ether oxygens (including phenoxy) is 1. The second-order valence-corrected chi connectivity index (χ2v) is 4.22. The molecule has 1 aromatic rings. The Morgan fingerprint density at radius 3 is 2.88 bits per heavy atom. The van der Waals surface area contributed by atoms with Crippen molar-refractivity contribution in [2.45, 2.75) is 18.4 Å². The molecule has 0 aromatic carbocycles. The molecule has 16 heavy (non-hydrogen) atoms. The predicted molar refractivity (Wildman–Crippen MR) is 60.5 cm³/mol. The minimum atomic E-state index is -0.351. The zero-order chi connectivity index (χ0) is 11.4. The Bertz CT molecular complexity index is 356. The molecule has 1 aromatic heterocycles. The van der Waals surface area contributed by atoms with Gasteiger partial charge in [-0.25, -0.2) is 9.97 Å². The van der Waals surface area contributed by atoms with Crippen LogP contribution in [0.5, 0.6) is 0 Å². The van der Waals surface area contributed by atoms with Crippen molar-refractivity contribution in [1.29, 1.82) is 0 Å². The molecule has 0 saturated carbocycles. The van der Waals surface area contributed by atoms with Gasteiger partial charge in [0.1, 0.15) is 5.82 Å². The molecule has 1 saturated heterocycles. The van der Waals surface area contributed by atoms with E-state index in [1.807, 2.05) is 0 Å². The zero-order valence-electron chi connectivity index (χ0n) is 8.82. The summed E-state index contributed by atoms with van der Waals surface area (Å²) in [6.07, 6.45) is 3.10. The third kappa shape index (κ3) is 2.61. The van der Waals surface area contributed by atoms with Gasteiger partial charge in [0.25, 0.3) is 0 Å². The number of aromatic nitrogens is 2. The molecular weight excluding hydrogens is 230 g/mol. The summed E-state index contributed by atoms with van der Waals surface area (Å²) in [6, 6.07) is 1.73. The van der Waals surface area contributed by atoms with Crippen molar-refractivity contribution in [2.24, 2.45) is 0 Å². The summed E-state index contributed by atoms with van der Waals surface area (Å²) in [5.74, 6) is 0.635. The van der Waals surface area contributed by atoms with Gasteiger partial charge >= 0.3 is 0 Å². The first-order valence-electron chi connectivity index (χ1n) is 5.19. The van der Waals surface area contributed by atoms with Gasteiger partial charge in [-0.3, -0.25) is 0 Å². The second kappa shape index (κ2) is 4.95. The van der Waals surface area contributed by atoms with Gasteiger partial charge in [-0.1, -0.05) is 0 Å². The monoisotopic (exact) mass is 243 g/mol. The van der Waals surface area contributed by atoms with Crippen molar-refractivity contribution >= 4 is 17.4 Å². The second-order valence-electron chi connectivity index (χ2n) is 3.89. The maximum atomic E-state index is 9.48. The Balaban J connectivity index is 2.11. The summed E-state index contributed by atoms with van der Waals surface area (Å²) in [6.45, 7) is 1.34. The molecule has 0 amide bonds. The first-order chi connectivity index (χ1) is 7.74. The molecule has 2 rings (SSSR count). The largest absolute Gasteiger partial charge is 0.394 e. The summed E-state index contributed by atoms with van der Waals surface area (Å²) < 4.78 is 5.28. The quantitative estimate of drug-likeness (QED) is 0.778. The number of aliphatic hydroxyl groups is 1. The van der Waals surface area contributed by atoms with Crippen molar-refractivity contribution in [1.82, 2.24) is 9.97 Å². The van der Waals surface area contributed by atoms with Gasteiger partial charge in [-0.15, -0.1) is 0 Å². The molecule has 2 heterocycles. The summed E-state index contributed by atoms with van der Waals surface area (Å²) >= 11 is 5.70. The third-order valence-electron chi connectivity index (χ3n) is 2.77. The van der Waals surface area contributed by atoms with Crippen LogP contribution < -0.4 is 5.32 Å². The minimum Gasteiger partial charge on any atom is -0.394 e. The predicted octanol–water partition coefficient (Wildman–Crippen LogP) is 1.08. The number of nitrogens with zero attached hydrogens (tertiary/aromatic N) is 2. The fourth-order valence-electron chi connectivity index (χ4n) is 1.76. The van der Waals surface area contributed by atoms with E-state index in [1.54, 1.807) is 12.3 Å². The number of hydrogen-bond donors (Lipinski definition) is 2. The normalized spacial score (nSPS) is 19.4. The fraction of sp³-hybridized carbons (Fsp3) is 0.600. The van der Waals surface area contributed by atoms with Crippen LogP contribution in [0.2, 0.25) is 5.28 Å². The molecule has 0 spiro atoms. The van der Waals surface area contributed by atoms with Crippen molar-refractivity contribution in [3.8, 4) is 0 Å². The molecule has 6 heteroatoms. The lowest BCUT2D eigenvalue weighted by Crippen LogP contribution is -2.47. The van der Waals surface area contributed by atoms with Crippen LogP contribution in [0.1, 0.15) is 12.8 Å². The number of hydrogen-bond acceptors (Lipinski definition) is 5. The molecule has 0 aliphatic carbocycles. The van der Waals surface area contributed by atoms with Gasteiger partial charge < -0.3 is 15.2 Å². The van der Waals surface area contributed by atoms with Gasteiger partial charge in [-0.2, -0.15) is 0 Å². The number of aliphatic hydroxyl groups excluding tert-OH is 1. The average molecular weight is 244 g/mol. The summed E-state index contributed by atoms with van der Waals surface area (Å²) in [5, 5.41) is 12.9. The van der Waals surface area contributed by atoms with E-state index in [-0.39, 0.29) is 17.4 Å². The SMILES string of the molecule is OCC1(Nc2ccnc(Cl)n2)CCOCC1. The highest BCUT2D eigenvalue weighted by molar-refractivity contribution is 6.28. The molecule has 2 N–H and O–H groups in total. The van der Waals surface area contributed by atoms with E-state index < -0.39 is 0 Å². The van der Waals surface area contributed by atoms with Crippen LogP contribution in [0.4, 0.5) is 5.82 Å².